The summed E-state index contributed by atoms with van der Waals surface area (Å²) in [6, 6.07) is 11.4. The van der Waals surface area contributed by atoms with Gasteiger partial charge < -0.3 is 23.7 Å². The van der Waals surface area contributed by atoms with Crippen LogP contribution in [0.3, 0.4) is 0 Å². The average Bonchev–Trinajstić information content (AvgIpc) is 3.25. The van der Waals surface area contributed by atoms with Crippen molar-refractivity contribution in [1.29, 1.82) is 0 Å². The minimum atomic E-state index is -0.782. The lowest BCUT2D eigenvalue weighted by Crippen LogP contribution is -2.39. The highest BCUT2D eigenvalue weighted by Gasteiger charge is 2.33. The molecule has 0 aliphatic carbocycles. The molecule has 0 bridgehead atoms. The number of ether oxygens (including phenoxy) is 5. The molecule has 0 fully saturated rings. The Kier molecular flexibility index (Phi) is 9.05. The predicted molar refractivity (Wildman–Crippen MR) is 149 cm³/mol. The third-order valence-electron chi connectivity index (χ3n) is 6.08. The zero-order chi connectivity index (χ0) is 28.8. The van der Waals surface area contributed by atoms with Crippen LogP contribution >= 0.6 is 11.3 Å². The highest BCUT2D eigenvalue weighted by molar-refractivity contribution is 7.07. The standard InChI is InChI=1S/C29H30N2O8S/c1-6-37-24(32)16-39-20-11-8-18(9-12-20)14-23-27(33)31-26(19-10-13-21(35-4)22(15-19)36-5)25(28(34)38-7-2)17(3)30-29(31)40-23/h8-15,26H,6-7,16H2,1-5H3/b23-14-/t26-/m1/s1. The van der Waals surface area contributed by atoms with Gasteiger partial charge in [-0.3, -0.25) is 9.36 Å². The molecule has 210 valence electrons. The number of hydrogen-bond donors (Lipinski definition) is 0. The van der Waals surface area contributed by atoms with E-state index < -0.39 is 18.0 Å². The lowest BCUT2D eigenvalue weighted by atomic mass is 9.95. The van der Waals surface area contributed by atoms with Crippen molar-refractivity contribution in [3.05, 3.63) is 84.5 Å². The summed E-state index contributed by atoms with van der Waals surface area (Å²) >= 11 is 1.22. The van der Waals surface area contributed by atoms with Gasteiger partial charge in [-0.25, -0.2) is 14.6 Å². The fourth-order valence-electron chi connectivity index (χ4n) is 4.29. The quantitative estimate of drug-likeness (QED) is 0.344. The average molecular weight is 567 g/mol. The van der Waals surface area contributed by atoms with Gasteiger partial charge in [-0.1, -0.05) is 29.5 Å². The summed E-state index contributed by atoms with van der Waals surface area (Å²) in [7, 11) is 3.06. The van der Waals surface area contributed by atoms with Gasteiger partial charge in [-0.05, 0) is 62.2 Å². The van der Waals surface area contributed by atoms with E-state index in [-0.39, 0.29) is 31.0 Å². The summed E-state index contributed by atoms with van der Waals surface area (Å²) in [4.78, 5) is 43.5. The molecule has 0 spiro atoms. The van der Waals surface area contributed by atoms with Crippen LogP contribution in [0.25, 0.3) is 6.08 Å². The van der Waals surface area contributed by atoms with Gasteiger partial charge in [0, 0.05) is 0 Å². The van der Waals surface area contributed by atoms with Gasteiger partial charge in [0.2, 0.25) is 0 Å². The number of methoxy groups -OCH3 is 2. The van der Waals surface area contributed by atoms with Gasteiger partial charge in [-0.2, -0.15) is 0 Å². The van der Waals surface area contributed by atoms with Crippen molar-refractivity contribution in [2.75, 3.05) is 34.0 Å². The highest BCUT2D eigenvalue weighted by atomic mass is 32.1. The molecule has 0 saturated carbocycles. The molecule has 0 N–H and O–H groups in total. The highest BCUT2D eigenvalue weighted by Crippen LogP contribution is 2.36. The van der Waals surface area contributed by atoms with E-state index in [0.717, 1.165) is 5.56 Å². The molecule has 3 aromatic rings. The van der Waals surface area contributed by atoms with Crippen LogP contribution < -0.4 is 29.1 Å². The molecule has 0 amide bonds. The van der Waals surface area contributed by atoms with E-state index in [0.29, 0.717) is 37.8 Å². The van der Waals surface area contributed by atoms with Crippen LogP contribution in [0.2, 0.25) is 0 Å². The molecule has 2 heterocycles. The zero-order valence-corrected chi connectivity index (χ0v) is 23.7. The van der Waals surface area contributed by atoms with Gasteiger partial charge in [0.15, 0.2) is 22.9 Å². The van der Waals surface area contributed by atoms with E-state index in [9.17, 15) is 14.4 Å². The van der Waals surface area contributed by atoms with E-state index >= 15 is 0 Å². The number of esters is 2. The first kappa shape index (κ1) is 28.6. The normalized spacial score (nSPS) is 14.7. The van der Waals surface area contributed by atoms with Crippen molar-refractivity contribution < 1.29 is 33.3 Å². The molecule has 0 radical (unpaired) electrons. The Balaban J connectivity index is 1.77. The van der Waals surface area contributed by atoms with Gasteiger partial charge in [0.1, 0.15) is 5.75 Å². The van der Waals surface area contributed by atoms with Crippen molar-refractivity contribution >= 4 is 29.4 Å². The maximum Gasteiger partial charge on any atom is 0.344 e. The van der Waals surface area contributed by atoms with Crippen molar-refractivity contribution in [2.45, 2.75) is 26.8 Å². The number of carbonyl (C=O) groups excluding carboxylic acids is 2. The predicted octanol–water partition coefficient (Wildman–Crippen LogP) is 2.76. The number of benzene rings is 2. The molecule has 2 aromatic carbocycles. The number of nitrogens with zero attached hydrogens (tertiary/aromatic N) is 2. The molecule has 1 aliphatic rings. The molecule has 1 aliphatic heterocycles. The Labute approximate surface area is 234 Å². The number of allylic oxidation sites excluding steroid dienone is 1. The fraction of sp³-hybridized carbons (Fsp3) is 0.310. The first-order valence-corrected chi connectivity index (χ1v) is 13.4. The van der Waals surface area contributed by atoms with Crippen LogP contribution in [-0.2, 0) is 19.1 Å². The molecule has 1 aromatic heterocycles. The molecule has 4 rings (SSSR count). The largest absolute Gasteiger partial charge is 0.493 e. The number of carbonyl (C=O) groups is 2. The monoisotopic (exact) mass is 566 g/mol. The topological polar surface area (TPSA) is 115 Å². The number of rotatable bonds is 10. The SMILES string of the molecule is CCOC(=O)COc1ccc(/C=c2\sc3n(c2=O)[C@H](c2ccc(OC)c(OC)c2)C(C(=O)OCC)=C(C)N=3)cc1. The molecule has 40 heavy (non-hydrogen) atoms. The molecular weight excluding hydrogens is 536 g/mol. The van der Waals surface area contributed by atoms with E-state index in [1.54, 1.807) is 69.3 Å². The molecule has 11 heteroatoms. The first-order valence-electron chi connectivity index (χ1n) is 12.6. The minimum Gasteiger partial charge on any atom is -0.493 e. The van der Waals surface area contributed by atoms with Gasteiger partial charge in [0.05, 0.1) is 49.3 Å². The Hall–Kier alpha value is -4.38. The van der Waals surface area contributed by atoms with Crippen LogP contribution in [0.5, 0.6) is 17.2 Å². The van der Waals surface area contributed by atoms with E-state index in [1.807, 2.05) is 0 Å². The third kappa shape index (κ3) is 5.94. The number of fused-ring (bicyclic) bond motifs is 1. The lowest BCUT2D eigenvalue weighted by molar-refractivity contribution is -0.145. The molecule has 1 atom stereocenters. The Morgan fingerprint density at radius 1 is 1.00 bits per heavy atom. The van der Waals surface area contributed by atoms with Crippen LogP contribution in [0, 0.1) is 0 Å². The smallest absolute Gasteiger partial charge is 0.344 e. The molecule has 10 nitrogen and oxygen atoms in total. The second kappa shape index (κ2) is 12.6. The molecular formula is C29H30N2O8S. The van der Waals surface area contributed by atoms with E-state index in [2.05, 4.69) is 4.99 Å². The lowest BCUT2D eigenvalue weighted by Gasteiger charge is -2.25. The number of aromatic nitrogens is 1. The summed E-state index contributed by atoms with van der Waals surface area (Å²) in [6.45, 7) is 5.45. The first-order chi connectivity index (χ1) is 19.3. The van der Waals surface area contributed by atoms with E-state index in [4.69, 9.17) is 23.7 Å². The molecule has 0 unspecified atom stereocenters. The fourth-order valence-corrected chi connectivity index (χ4v) is 5.33. The Bertz CT molecular complexity index is 1620. The second-order valence-corrected chi connectivity index (χ2v) is 9.59. The maximum absolute atomic E-state index is 13.8. The Morgan fingerprint density at radius 3 is 2.35 bits per heavy atom. The second-order valence-electron chi connectivity index (χ2n) is 8.58. The van der Waals surface area contributed by atoms with Gasteiger partial charge in [0.25, 0.3) is 5.56 Å². The van der Waals surface area contributed by atoms with Crippen LogP contribution in [0.4, 0.5) is 0 Å². The summed E-state index contributed by atoms with van der Waals surface area (Å²) in [5.74, 6) is 0.484. The van der Waals surface area contributed by atoms with Gasteiger partial charge in [-0.15, -0.1) is 0 Å². The van der Waals surface area contributed by atoms with Crippen LogP contribution in [0.1, 0.15) is 37.9 Å². The van der Waals surface area contributed by atoms with Crippen molar-refractivity contribution in [3.63, 3.8) is 0 Å². The third-order valence-corrected chi connectivity index (χ3v) is 7.06. The Morgan fingerprint density at radius 2 is 1.70 bits per heavy atom. The van der Waals surface area contributed by atoms with Crippen LogP contribution in [0.15, 0.2) is 63.5 Å². The number of thiazole rings is 1. The van der Waals surface area contributed by atoms with E-state index in [1.165, 1.54) is 30.1 Å². The summed E-state index contributed by atoms with van der Waals surface area (Å²) in [6.07, 6.45) is 1.74. The van der Waals surface area contributed by atoms with Crippen LogP contribution in [-0.4, -0.2) is 50.5 Å². The van der Waals surface area contributed by atoms with Crippen molar-refractivity contribution in [1.82, 2.24) is 4.57 Å². The minimum absolute atomic E-state index is 0.179. The van der Waals surface area contributed by atoms with Crippen molar-refractivity contribution in [2.24, 2.45) is 4.99 Å². The zero-order valence-electron chi connectivity index (χ0n) is 22.9. The van der Waals surface area contributed by atoms with Crippen molar-refractivity contribution in [3.8, 4) is 17.2 Å². The maximum atomic E-state index is 13.8. The number of hydrogen-bond acceptors (Lipinski definition) is 10. The summed E-state index contributed by atoms with van der Waals surface area (Å²) < 4.78 is 28.5. The molecule has 0 saturated heterocycles. The summed E-state index contributed by atoms with van der Waals surface area (Å²) in [5.41, 5.74) is 1.83. The summed E-state index contributed by atoms with van der Waals surface area (Å²) in [5, 5.41) is 0. The van der Waals surface area contributed by atoms with Gasteiger partial charge >= 0.3 is 11.9 Å².